The number of methoxy groups -OCH3 is 1. The minimum Gasteiger partial charge on any atom is -0.507 e. The molecule has 498 valence electrons. The Bertz CT molecular complexity index is 4270. The molecule has 0 aliphatic carbocycles. The SMILES string of the molecule is CO[C@H]1/C=C/O[C@@]2(C)Oc3c(C)c(O)c4c(=O)c(c5oc6cc(N7CCN(CC(C)C)CC7)cc(=O)c6nc5c4c3=C2O)NC(=O)/C(C)=C\C=C\[C@H](C)[C@H](O)[C@@H](C)[C@@H](O)[C@@H](C)[C@H](OC(C)=O)[C@@H]1C.Cc1c(OCC(F)(F)F)ccnc1CS(=O)c1nc2ccccc2[nH]1. The van der Waals surface area contributed by atoms with E-state index in [2.05, 4.69) is 43.9 Å². The fourth-order valence-corrected chi connectivity index (χ4v) is 13.1. The number of esters is 1. The normalized spacial score (nSPS) is 25.1. The van der Waals surface area contributed by atoms with E-state index in [0.29, 0.717) is 46.6 Å². The number of aromatic nitrogens is 4. The Balaban J connectivity index is 0.000000339. The number of imidazole rings is 1. The predicted molar refractivity (Wildman–Crippen MR) is 345 cm³/mol. The van der Waals surface area contributed by atoms with E-state index in [1.807, 2.05) is 18.2 Å². The van der Waals surface area contributed by atoms with Crippen LogP contribution in [0.25, 0.3) is 49.8 Å². The summed E-state index contributed by atoms with van der Waals surface area (Å²) in [5.41, 5.74) is 0.934. The maximum Gasteiger partial charge on any atom is 0.422 e. The number of benzene rings is 4. The van der Waals surface area contributed by atoms with Crippen molar-refractivity contribution < 1.29 is 75.5 Å². The first kappa shape index (κ1) is 68.9. The van der Waals surface area contributed by atoms with Gasteiger partial charge in [-0.2, -0.15) is 13.2 Å². The van der Waals surface area contributed by atoms with Crippen LogP contribution >= 0.6 is 0 Å². The number of H-pyrrole nitrogens is 1. The number of aromatic amines is 1. The first-order valence-electron chi connectivity index (χ1n) is 30.5. The summed E-state index contributed by atoms with van der Waals surface area (Å²) in [4.78, 5) is 76.0. The Morgan fingerprint density at radius 3 is 2.29 bits per heavy atom. The van der Waals surface area contributed by atoms with Gasteiger partial charge in [-0.05, 0) is 51.0 Å². The molecule has 3 aliphatic rings. The fraction of sp³-hybridized carbons (Fsp3) is 0.448. The molecule has 1 saturated heterocycles. The second kappa shape index (κ2) is 28.0. The zero-order chi connectivity index (χ0) is 67.7. The quantitative estimate of drug-likeness (QED) is 0.0423. The van der Waals surface area contributed by atoms with Crippen LogP contribution < -0.4 is 35.8 Å². The number of hydrogen-bond acceptors (Lipinski definition) is 20. The van der Waals surface area contributed by atoms with Crippen molar-refractivity contribution in [3.8, 4) is 17.2 Å². The monoisotopic (exact) mass is 1310 g/mol. The molecule has 6 heterocycles. The molecule has 93 heavy (non-hydrogen) atoms. The molecule has 22 nitrogen and oxygen atoms in total. The van der Waals surface area contributed by atoms with Gasteiger partial charge in [-0.25, -0.2) is 9.97 Å². The van der Waals surface area contributed by atoms with E-state index in [-0.39, 0.29) is 72.3 Å². The maximum absolute atomic E-state index is 14.9. The number of rotatable bonds is 10. The number of aliphatic hydroxyl groups excluding tert-OH is 3. The van der Waals surface area contributed by atoms with Crippen molar-refractivity contribution in [3.05, 3.63) is 127 Å². The van der Waals surface area contributed by atoms with Gasteiger partial charge in [0.1, 0.15) is 34.6 Å². The highest BCUT2D eigenvalue weighted by atomic mass is 32.2. The topological polar surface area (TPSA) is 299 Å². The zero-order valence-electron chi connectivity index (χ0n) is 53.7. The van der Waals surface area contributed by atoms with Crippen molar-refractivity contribution >= 4 is 83.8 Å². The first-order valence-corrected chi connectivity index (χ1v) is 31.8. The lowest BCUT2D eigenvalue weighted by atomic mass is 9.78. The highest BCUT2D eigenvalue weighted by Crippen LogP contribution is 2.43. The summed E-state index contributed by atoms with van der Waals surface area (Å²) in [7, 11) is -0.0677. The van der Waals surface area contributed by atoms with Crippen LogP contribution in [0.2, 0.25) is 0 Å². The Labute approximate surface area is 536 Å². The molecule has 4 aromatic carbocycles. The van der Waals surface area contributed by atoms with Crippen molar-refractivity contribution in [2.24, 2.45) is 29.6 Å². The number of anilines is 2. The molecule has 10 rings (SSSR count). The van der Waals surface area contributed by atoms with Crippen molar-refractivity contribution in [1.29, 1.82) is 0 Å². The molecule has 3 aliphatic heterocycles. The smallest absolute Gasteiger partial charge is 0.422 e. The van der Waals surface area contributed by atoms with Gasteiger partial charge < -0.3 is 63.7 Å². The van der Waals surface area contributed by atoms with E-state index in [4.69, 9.17) is 33.1 Å². The van der Waals surface area contributed by atoms with E-state index >= 15 is 0 Å². The summed E-state index contributed by atoms with van der Waals surface area (Å²) >= 11 is 0. The molecule has 0 spiro atoms. The summed E-state index contributed by atoms with van der Waals surface area (Å²) in [5.74, 6) is -6.33. The molecule has 1 fully saturated rings. The van der Waals surface area contributed by atoms with Crippen LogP contribution in [0.5, 0.6) is 17.2 Å². The number of hydrogen-bond donors (Lipinski definition) is 6. The van der Waals surface area contributed by atoms with Gasteiger partial charge in [-0.3, -0.25) is 33.3 Å². The second-order valence-corrected chi connectivity index (χ2v) is 25.9. The van der Waals surface area contributed by atoms with Gasteiger partial charge in [-0.15, -0.1) is 0 Å². The number of alkyl halides is 3. The third-order valence-electron chi connectivity index (χ3n) is 17.3. The highest BCUT2D eigenvalue weighted by molar-refractivity contribution is 7.84. The standard InChI is InChI=1S/C51H64N4O13.C16H14F3N3O2S/c1-24(2)23-54-16-18-55(19-17-54)32-21-33(57)39-35(22-32)67-48-40(52-39)36-37-44(60)30(8)47-38(36)49(62)51(10,68-47)65-20-15-34(64-11)27(5)46(66-31(9)56)29(7)43(59)28(6)42(58)25(3)13-12-14-26(4)50(63)53-41(48)45(37)61;1-10-13(20-7-6-14(10)24-9-16(17,18)19)8-25(23)15-21-11-4-2-3-5-12(11)22-15/h12-15,20-22,24-25,27-29,34,42-43,46,58-60,62H,16-19,23H2,1-11H3,(H,53,63);2-7H,8-9H2,1H3,(H,21,22)/b13-12+,20-15+,26-14-;/t25-,27+,28+,29+,34-,42-,43+,46+,51-;/m0./s1. The number of fused-ring (bicyclic) bond motifs is 3. The van der Waals surface area contributed by atoms with Crippen molar-refractivity contribution in [2.45, 2.75) is 123 Å². The number of amides is 1. The number of aromatic hydroxyl groups is 1. The number of ether oxygens (including phenoxy) is 5. The van der Waals surface area contributed by atoms with Gasteiger partial charge in [0.25, 0.3) is 5.91 Å². The third-order valence-corrected chi connectivity index (χ3v) is 18.4. The lowest BCUT2D eigenvalue weighted by Crippen LogP contribution is -2.47. The Morgan fingerprint density at radius 2 is 1.62 bits per heavy atom. The Kier molecular flexibility index (Phi) is 20.8. The summed E-state index contributed by atoms with van der Waals surface area (Å²) in [6, 6.07) is 11.8. The molecule has 3 aromatic heterocycles. The van der Waals surface area contributed by atoms with Crippen LogP contribution in [0.15, 0.2) is 104 Å². The average Bonchev–Trinajstić information content (AvgIpc) is 1.66. The number of phenols is 1. The number of pyridine rings is 1. The highest BCUT2D eigenvalue weighted by Gasteiger charge is 2.44. The van der Waals surface area contributed by atoms with Crippen LogP contribution in [-0.4, -0.2) is 144 Å². The number of nitrogens with zero attached hydrogens (tertiary/aromatic N) is 5. The van der Waals surface area contributed by atoms with Crippen LogP contribution in [0.4, 0.5) is 24.5 Å². The summed E-state index contributed by atoms with van der Waals surface area (Å²) < 4.78 is 84.8. The van der Waals surface area contributed by atoms with Gasteiger partial charge in [0.2, 0.25) is 10.9 Å². The number of nitrogens with one attached hydrogen (secondary N) is 2. The molecule has 1 amide bonds. The fourth-order valence-electron chi connectivity index (χ4n) is 12.0. The summed E-state index contributed by atoms with van der Waals surface area (Å²) in [6.07, 6.45) is 0.484. The number of piperazine rings is 1. The van der Waals surface area contributed by atoms with E-state index in [9.17, 15) is 57.0 Å². The maximum atomic E-state index is 14.9. The number of phenolic OH excluding ortho intramolecular Hbond substituents is 1. The van der Waals surface area contributed by atoms with Crippen molar-refractivity contribution in [2.75, 3.05) is 56.7 Å². The summed E-state index contributed by atoms with van der Waals surface area (Å²) in [6.45, 7) is 21.0. The predicted octanol–water partition coefficient (Wildman–Crippen LogP) is 8.85. The van der Waals surface area contributed by atoms with Gasteiger partial charge in [0, 0.05) is 123 Å². The second-order valence-electron chi connectivity index (χ2n) is 24.6. The first-order chi connectivity index (χ1) is 43.9. The van der Waals surface area contributed by atoms with Crippen LogP contribution in [0, 0.1) is 43.4 Å². The largest absolute Gasteiger partial charge is 0.507 e. The van der Waals surface area contributed by atoms with Gasteiger partial charge >= 0.3 is 17.9 Å². The minimum absolute atomic E-state index is 0.0227. The number of allylic oxidation sites excluding steroid dienone is 2. The number of para-hydroxylation sites is 2. The number of carbonyl (C=O) groups is 2. The van der Waals surface area contributed by atoms with Crippen LogP contribution in [0.3, 0.4) is 0 Å². The molecular formula is C67H78F3N7O15S. The van der Waals surface area contributed by atoms with Crippen molar-refractivity contribution in [3.63, 3.8) is 0 Å². The number of halogens is 3. The number of carbonyl (C=O) groups excluding carboxylic acids is 2. The Morgan fingerprint density at radius 1 is 0.914 bits per heavy atom. The molecular weight excluding hydrogens is 1230 g/mol. The van der Waals surface area contributed by atoms with E-state index in [1.54, 1.807) is 58.9 Å². The molecule has 10 atom stereocenters. The van der Waals surface area contributed by atoms with Crippen LogP contribution in [0.1, 0.15) is 79.1 Å². The van der Waals surface area contributed by atoms with Gasteiger partial charge in [-0.1, -0.05) is 71.9 Å². The lowest BCUT2D eigenvalue weighted by molar-refractivity contribution is -0.160. The zero-order valence-corrected chi connectivity index (χ0v) is 54.5. The summed E-state index contributed by atoms with van der Waals surface area (Å²) in [5, 5.41) is 49.6. The molecule has 6 N–H and O–H groups in total. The van der Waals surface area contributed by atoms with Gasteiger partial charge in [0.05, 0.1) is 68.5 Å². The molecule has 7 aromatic rings. The minimum atomic E-state index is -4.42. The van der Waals surface area contributed by atoms with Gasteiger partial charge in [0.15, 0.2) is 34.2 Å². The van der Waals surface area contributed by atoms with Crippen molar-refractivity contribution in [1.82, 2.24) is 24.8 Å². The molecule has 1 unspecified atom stereocenters. The lowest BCUT2D eigenvalue weighted by Gasteiger charge is -2.38. The van der Waals surface area contributed by atoms with E-state index < -0.39 is 112 Å². The average molecular weight is 1310 g/mol. The van der Waals surface area contributed by atoms with Crippen LogP contribution in [-0.2, 0) is 40.4 Å². The molecule has 4 bridgehead atoms. The third kappa shape index (κ3) is 14.7. The Hall–Kier alpha value is -8.43. The van der Waals surface area contributed by atoms with E-state index in [1.165, 1.54) is 71.5 Å². The number of aliphatic hydroxyl groups is 3. The molecule has 26 heteroatoms. The molecule has 0 radical (unpaired) electrons. The van der Waals surface area contributed by atoms with E-state index in [0.717, 1.165) is 25.2 Å². The molecule has 0 saturated carbocycles.